The van der Waals surface area contributed by atoms with Crippen LogP contribution in [0.2, 0.25) is 0 Å². The fourth-order valence-corrected chi connectivity index (χ4v) is 4.84. The average Bonchev–Trinajstić information content (AvgIpc) is 3.19. The lowest BCUT2D eigenvalue weighted by Crippen LogP contribution is -2.39. The maximum Gasteiger partial charge on any atom is 0.270 e. The first-order valence-electron chi connectivity index (χ1n) is 10.6. The number of hydrogen-bond acceptors (Lipinski definition) is 3. The van der Waals surface area contributed by atoms with Crippen molar-refractivity contribution in [3.8, 4) is 0 Å². The topological polar surface area (TPSA) is 56.0 Å². The van der Waals surface area contributed by atoms with Crippen LogP contribution in [0.15, 0.2) is 24.3 Å². The molecule has 0 N–H and O–H groups in total. The second kappa shape index (κ2) is 7.28. The zero-order chi connectivity index (χ0) is 20.0. The van der Waals surface area contributed by atoms with Gasteiger partial charge in [0, 0.05) is 49.9 Å². The van der Waals surface area contributed by atoms with Crippen molar-refractivity contribution in [1.29, 1.82) is 0 Å². The maximum absolute atomic E-state index is 13.5. The van der Waals surface area contributed by atoms with E-state index in [1.54, 1.807) is 12.1 Å². The lowest BCUT2D eigenvalue weighted by atomic mass is 9.95. The number of benzene rings is 1. The average molecular weight is 395 g/mol. The van der Waals surface area contributed by atoms with Crippen molar-refractivity contribution in [2.24, 2.45) is 7.05 Å². The molecule has 1 amide bonds. The number of nitrogens with zero attached hydrogens (tertiary/aromatic N) is 5. The van der Waals surface area contributed by atoms with Gasteiger partial charge in [-0.25, -0.2) is 4.39 Å². The normalized spacial score (nSPS) is 18.1. The number of amides is 1. The number of aryl methyl sites for hydroxylation is 2. The Hall–Kier alpha value is -2.70. The van der Waals surface area contributed by atoms with Gasteiger partial charge in [-0.1, -0.05) is 6.42 Å². The van der Waals surface area contributed by atoms with Crippen LogP contribution in [-0.2, 0) is 20.0 Å². The van der Waals surface area contributed by atoms with Crippen molar-refractivity contribution >= 4 is 16.8 Å². The van der Waals surface area contributed by atoms with Crippen molar-refractivity contribution in [2.75, 3.05) is 13.1 Å². The molecule has 7 heteroatoms. The minimum absolute atomic E-state index is 0.0163. The molecule has 0 atom stereocenters. The van der Waals surface area contributed by atoms with Crippen LogP contribution in [0.4, 0.5) is 4.39 Å². The minimum Gasteiger partial charge on any atom is -0.340 e. The number of carbonyl (C=O) groups is 1. The number of halogens is 1. The van der Waals surface area contributed by atoms with Crippen molar-refractivity contribution in [1.82, 2.24) is 24.2 Å². The van der Waals surface area contributed by atoms with Crippen molar-refractivity contribution < 1.29 is 9.18 Å². The van der Waals surface area contributed by atoms with Gasteiger partial charge in [0.25, 0.3) is 5.91 Å². The molecule has 0 radical (unpaired) electrons. The summed E-state index contributed by atoms with van der Waals surface area (Å²) in [6, 6.07) is 6.44. The van der Waals surface area contributed by atoms with Crippen molar-refractivity contribution in [3.63, 3.8) is 0 Å². The molecule has 29 heavy (non-hydrogen) atoms. The molecular weight excluding hydrogens is 369 g/mol. The first-order valence-corrected chi connectivity index (χ1v) is 10.6. The third-order valence-electron chi connectivity index (χ3n) is 6.51. The molecule has 1 aromatic carbocycles. The fourth-order valence-electron chi connectivity index (χ4n) is 4.84. The lowest BCUT2D eigenvalue weighted by molar-refractivity contribution is 0.0701. The molecule has 2 aliphatic heterocycles. The molecule has 0 bridgehead atoms. The van der Waals surface area contributed by atoms with Crippen LogP contribution >= 0.6 is 0 Å². The number of fused-ring (bicyclic) bond motifs is 2. The Bertz CT molecular complexity index is 1060. The Morgan fingerprint density at radius 2 is 1.90 bits per heavy atom. The zero-order valence-electron chi connectivity index (χ0n) is 16.8. The highest BCUT2D eigenvalue weighted by Crippen LogP contribution is 2.30. The van der Waals surface area contributed by atoms with Gasteiger partial charge in [0.2, 0.25) is 0 Å². The first kappa shape index (κ1) is 18.3. The van der Waals surface area contributed by atoms with Gasteiger partial charge in [0.05, 0.1) is 0 Å². The maximum atomic E-state index is 13.5. The Labute approximate surface area is 169 Å². The van der Waals surface area contributed by atoms with Gasteiger partial charge in [-0.05, 0) is 49.9 Å². The van der Waals surface area contributed by atoms with E-state index < -0.39 is 0 Å². The summed E-state index contributed by atoms with van der Waals surface area (Å²) in [4.78, 5) is 15.0. The van der Waals surface area contributed by atoms with E-state index in [0.717, 1.165) is 48.4 Å². The van der Waals surface area contributed by atoms with Crippen LogP contribution in [0.25, 0.3) is 10.9 Å². The van der Waals surface area contributed by atoms with Crippen LogP contribution in [0.5, 0.6) is 0 Å². The summed E-state index contributed by atoms with van der Waals surface area (Å²) in [6.07, 6.45) is 6.47. The van der Waals surface area contributed by atoms with E-state index in [-0.39, 0.29) is 11.7 Å². The number of carbonyl (C=O) groups excluding carboxylic acids is 1. The Morgan fingerprint density at radius 1 is 1.07 bits per heavy atom. The first-order chi connectivity index (χ1) is 14.1. The summed E-state index contributed by atoms with van der Waals surface area (Å²) in [5.41, 5.74) is 1.48. The number of rotatable bonds is 2. The number of likely N-dealkylation sites (tertiary alicyclic amines) is 1. The van der Waals surface area contributed by atoms with Crippen LogP contribution in [0.3, 0.4) is 0 Å². The summed E-state index contributed by atoms with van der Waals surface area (Å²) in [5, 5.41) is 9.71. The molecule has 0 saturated carbocycles. The molecule has 2 aromatic heterocycles. The van der Waals surface area contributed by atoms with Crippen LogP contribution < -0.4 is 0 Å². The molecule has 0 spiro atoms. The molecule has 152 valence electrons. The highest BCUT2D eigenvalue weighted by molar-refractivity contribution is 5.98. The zero-order valence-corrected chi connectivity index (χ0v) is 16.8. The smallest absolute Gasteiger partial charge is 0.270 e. The minimum atomic E-state index is -0.282. The Kier molecular flexibility index (Phi) is 4.60. The lowest BCUT2D eigenvalue weighted by Gasteiger charge is -2.31. The fraction of sp³-hybridized carbons (Fsp3) is 0.500. The molecule has 6 nitrogen and oxygen atoms in total. The molecule has 3 aromatic rings. The number of piperidine rings is 1. The highest BCUT2D eigenvalue weighted by Gasteiger charge is 2.30. The van der Waals surface area contributed by atoms with Crippen LogP contribution in [-0.4, -0.2) is 43.2 Å². The predicted octanol–water partition coefficient (Wildman–Crippen LogP) is 3.66. The summed E-state index contributed by atoms with van der Waals surface area (Å²) in [7, 11) is 1.87. The summed E-state index contributed by atoms with van der Waals surface area (Å²) < 4.78 is 17.7. The second-order valence-corrected chi connectivity index (χ2v) is 8.29. The van der Waals surface area contributed by atoms with E-state index in [0.29, 0.717) is 24.7 Å². The number of hydrogen-bond donors (Lipinski definition) is 0. The number of aromatic nitrogens is 4. The third kappa shape index (κ3) is 3.22. The van der Waals surface area contributed by atoms with Gasteiger partial charge in [0.15, 0.2) is 0 Å². The van der Waals surface area contributed by atoms with Gasteiger partial charge >= 0.3 is 0 Å². The van der Waals surface area contributed by atoms with E-state index in [1.165, 1.54) is 31.4 Å². The second-order valence-electron chi connectivity index (χ2n) is 8.29. The molecule has 0 unspecified atom stereocenters. The monoisotopic (exact) mass is 395 g/mol. The third-order valence-corrected chi connectivity index (χ3v) is 6.51. The van der Waals surface area contributed by atoms with Gasteiger partial charge in [-0.15, -0.1) is 10.2 Å². The molecule has 4 heterocycles. The summed E-state index contributed by atoms with van der Waals surface area (Å²) in [6.45, 7) is 2.44. The molecule has 1 saturated heterocycles. The van der Waals surface area contributed by atoms with Gasteiger partial charge in [-0.3, -0.25) is 4.79 Å². The summed E-state index contributed by atoms with van der Waals surface area (Å²) >= 11 is 0. The Balaban J connectivity index is 1.32. The van der Waals surface area contributed by atoms with Crippen molar-refractivity contribution in [2.45, 2.75) is 51.0 Å². The molecule has 0 aliphatic carbocycles. The standard InChI is InChI=1S/C22H26FN5O/c1-26-18-7-6-17(23)13-16(18)14-19(26)22(29)27-11-8-15(9-12-27)21-25-24-20-5-3-2-4-10-28(20)21/h6-7,13-15H,2-5,8-12H2,1H3. The van der Waals surface area contributed by atoms with E-state index in [4.69, 9.17) is 0 Å². The van der Waals surface area contributed by atoms with E-state index in [9.17, 15) is 9.18 Å². The molecule has 2 aliphatic rings. The van der Waals surface area contributed by atoms with Crippen molar-refractivity contribution in [3.05, 3.63) is 47.4 Å². The van der Waals surface area contributed by atoms with Gasteiger partial charge in [-0.2, -0.15) is 0 Å². The van der Waals surface area contributed by atoms with Crippen LogP contribution in [0.1, 0.15) is 60.2 Å². The molecule has 1 fully saturated rings. The van der Waals surface area contributed by atoms with E-state index in [2.05, 4.69) is 14.8 Å². The largest absolute Gasteiger partial charge is 0.340 e. The van der Waals surface area contributed by atoms with E-state index in [1.807, 2.05) is 16.5 Å². The molecule has 5 rings (SSSR count). The Morgan fingerprint density at radius 3 is 2.72 bits per heavy atom. The van der Waals surface area contributed by atoms with Gasteiger partial charge < -0.3 is 14.0 Å². The SMILES string of the molecule is Cn1c(C(=O)N2CCC(c3nnc4n3CCCCC4)CC2)cc2cc(F)ccc21. The predicted molar refractivity (Wildman–Crippen MR) is 108 cm³/mol. The summed E-state index contributed by atoms with van der Waals surface area (Å²) in [5.74, 6) is 2.32. The van der Waals surface area contributed by atoms with E-state index >= 15 is 0 Å². The van der Waals surface area contributed by atoms with Gasteiger partial charge in [0.1, 0.15) is 23.2 Å². The van der Waals surface area contributed by atoms with Crippen LogP contribution in [0, 0.1) is 5.82 Å². The molecular formula is C22H26FN5O. The highest BCUT2D eigenvalue weighted by atomic mass is 19.1. The quantitative estimate of drug-likeness (QED) is 0.665.